The van der Waals surface area contributed by atoms with Gasteiger partial charge in [0.1, 0.15) is 0 Å². The first-order valence-corrected chi connectivity index (χ1v) is 13.4. The Kier molecular flexibility index (Phi) is 7.33. The highest BCUT2D eigenvalue weighted by Gasteiger charge is 2.20. The fourth-order valence-electron chi connectivity index (χ4n) is 4.76. The van der Waals surface area contributed by atoms with E-state index in [1.807, 2.05) is 0 Å². The van der Waals surface area contributed by atoms with E-state index in [4.69, 9.17) is 0 Å². The molecule has 0 heterocycles. The summed E-state index contributed by atoms with van der Waals surface area (Å²) >= 11 is 0. The van der Waals surface area contributed by atoms with Gasteiger partial charge >= 0.3 is 0 Å². The fraction of sp³-hybridized carbons (Fsp3) is 0.167. The van der Waals surface area contributed by atoms with Crippen LogP contribution < -0.4 is 9.80 Å². The van der Waals surface area contributed by atoms with Crippen LogP contribution in [0.4, 0.5) is 34.1 Å². The van der Waals surface area contributed by atoms with Gasteiger partial charge in [0.2, 0.25) is 0 Å². The van der Waals surface area contributed by atoms with Crippen molar-refractivity contribution in [2.24, 2.45) is 0 Å². The molecular weight excluding hydrogens is 460 g/mol. The van der Waals surface area contributed by atoms with Crippen LogP contribution in [0.5, 0.6) is 0 Å². The standard InChI is InChI=1S/C36H36N2/c1-5-36(3,4)29-18-22-33(23-19-29)38(32-20-16-28(2)17-21-32)35-26-24-34(25-27-35)37(30-12-8-6-9-13-30)31-14-10-7-11-15-31/h6-27H,5H2,1-4H3. The topological polar surface area (TPSA) is 6.48 Å². The van der Waals surface area contributed by atoms with Gasteiger partial charge in [-0.2, -0.15) is 0 Å². The Balaban J connectivity index is 1.56. The molecule has 0 aliphatic carbocycles. The molecule has 5 aromatic rings. The van der Waals surface area contributed by atoms with Crippen LogP contribution in [0.1, 0.15) is 38.3 Å². The van der Waals surface area contributed by atoms with Crippen molar-refractivity contribution >= 4 is 34.1 Å². The van der Waals surface area contributed by atoms with Gasteiger partial charge in [-0.15, -0.1) is 0 Å². The molecule has 0 radical (unpaired) electrons. The molecule has 38 heavy (non-hydrogen) atoms. The lowest BCUT2D eigenvalue weighted by atomic mass is 9.82. The van der Waals surface area contributed by atoms with Gasteiger partial charge < -0.3 is 9.80 Å². The van der Waals surface area contributed by atoms with Crippen LogP contribution in [0.2, 0.25) is 0 Å². The Morgan fingerprint density at radius 3 is 1.13 bits per heavy atom. The van der Waals surface area contributed by atoms with Crippen LogP contribution in [0.15, 0.2) is 133 Å². The first kappa shape index (κ1) is 25.4. The number of hydrogen-bond acceptors (Lipinski definition) is 2. The molecule has 0 atom stereocenters. The molecule has 0 aliphatic heterocycles. The molecule has 0 saturated heterocycles. The molecule has 2 heteroatoms. The Bertz CT molecular complexity index is 1400. The van der Waals surface area contributed by atoms with Gasteiger partial charge in [-0.1, -0.05) is 87.0 Å². The summed E-state index contributed by atoms with van der Waals surface area (Å²) < 4.78 is 0. The first-order chi connectivity index (χ1) is 18.5. The van der Waals surface area contributed by atoms with Crippen molar-refractivity contribution in [3.05, 3.63) is 145 Å². The van der Waals surface area contributed by atoms with Crippen LogP contribution in [0.25, 0.3) is 0 Å². The second-order valence-electron chi connectivity index (χ2n) is 10.5. The molecule has 0 aliphatic rings. The average Bonchev–Trinajstić information content (AvgIpc) is 2.97. The highest BCUT2D eigenvalue weighted by Crippen LogP contribution is 2.39. The Hall–Kier alpha value is -4.30. The molecule has 0 saturated carbocycles. The normalized spacial score (nSPS) is 11.3. The molecule has 0 spiro atoms. The zero-order valence-electron chi connectivity index (χ0n) is 22.8. The summed E-state index contributed by atoms with van der Waals surface area (Å²) in [7, 11) is 0. The van der Waals surface area contributed by atoms with Crippen molar-refractivity contribution in [2.45, 2.75) is 39.5 Å². The summed E-state index contributed by atoms with van der Waals surface area (Å²) in [6, 6.07) is 47.8. The minimum absolute atomic E-state index is 0.160. The molecule has 2 nitrogen and oxygen atoms in total. The smallest absolute Gasteiger partial charge is 0.0463 e. The zero-order valence-corrected chi connectivity index (χ0v) is 22.8. The number of anilines is 6. The van der Waals surface area contributed by atoms with Gasteiger partial charge in [-0.3, -0.25) is 0 Å². The maximum absolute atomic E-state index is 2.33. The summed E-state index contributed by atoms with van der Waals surface area (Å²) in [6.07, 6.45) is 1.11. The van der Waals surface area contributed by atoms with E-state index in [-0.39, 0.29) is 5.41 Å². The fourth-order valence-corrected chi connectivity index (χ4v) is 4.76. The highest BCUT2D eigenvalue weighted by atomic mass is 15.2. The van der Waals surface area contributed by atoms with Crippen molar-refractivity contribution in [1.82, 2.24) is 0 Å². The number of hydrogen-bond donors (Lipinski definition) is 0. The van der Waals surface area contributed by atoms with Gasteiger partial charge in [0, 0.05) is 34.1 Å². The second-order valence-corrected chi connectivity index (χ2v) is 10.5. The maximum atomic E-state index is 2.33. The van der Waals surface area contributed by atoms with E-state index in [2.05, 4.69) is 171 Å². The summed E-state index contributed by atoms with van der Waals surface area (Å²) in [5.74, 6) is 0. The lowest BCUT2D eigenvalue weighted by Gasteiger charge is -2.29. The van der Waals surface area contributed by atoms with Crippen LogP contribution in [-0.2, 0) is 5.41 Å². The van der Waals surface area contributed by atoms with Crippen molar-refractivity contribution in [3.8, 4) is 0 Å². The number of rotatable bonds is 8. The summed E-state index contributed by atoms with van der Waals surface area (Å²) in [4.78, 5) is 4.63. The highest BCUT2D eigenvalue weighted by molar-refractivity contribution is 5.81. The molecule has 0 bridgehead atoms. The number of nitrogens with zero attached hydrogens (tertiary/aromatic N) is 2. The van der Waals surface area contributed by atoms with Crippen LogP contribution in [-0.4, -0.2) is 0 Å². The van der Waals surface area contributed by atoms with Gasteiger partial charge in [-0.25, -0.2) is 0 Å². The summed E-state index contributed by atoms with van der Waals surface area (Å²) in [5.41, 5.74) is 9.60. The van der Waals surface area contributed by atoms with Gasteiger partial charge in [0.05, 0.1) is 0 Å². The molecule has 5 rings (SSSR count). The molecule has 0 aromatic heterocycles. The summed E-state index contributed by atoms with van der Waals surface area (Å²) in [5, 5.41) is 0. The average molecular weight is 497 g/mol. The molecule has 190 valence electrons. The number of benzene rings is 5. The lowest BCUT2D eigenvalue weighted by molar-refractivity contribution is 0.506. The largest absolute Gasteiger partial charge is 0.311 e. The molecule has 0 N–H and O–H groups in total. The number of para-hydroxylation sites is 2. The summed E-state index contributed by atoms with van der Waals surface area (Å²) in [6.45, 7) is 9.00. The van der Waals surface area contributed by atoms with E-state index in [9.17, 15) is 0 Å². The Morgan fingerprint density at radius 2 is 0.763 bits per heavy atom. The van der Waals surface area contributed by atoms with E-state index in [1.54, 1.807) is 0 Å². The monoisotopic (exact) mass is 496 g/mol. The minimum Gasteiger partial charge on any atom is -0.311 e. The van der Waals surface area contributed by atoms with E-state index in [0.29, 0.717) is 0 Å². The molecular formula is C36H36N2. The van der Waals surface area contributed by atoms with E-state index in [1.165, 1.54) is 11.1 Å². The molecule has 5 aromatic carbocycles. The van der Waals surface area contributed by atoms with Crippen LogP contribution in [0.3, 0.4) is 0 Å². The lowest BCUT2D eigenvalue weighted by Crippen LogP contribution is -2.16. The quantitative estimate of drug-likeness (QED) is 0.211. The SMILES string of the molecule is CCC(C)(C)c1ccc(N(c2ccc(C)cc2)c2ccc(N(c3ccccc3)c3ccccc3)cc2)cc1. The molecule has 0 fully saturated rings. The predicted octanol–water partition coefficient (Wildman–Crippen LogP) is 10.6. The molecule has 0 unspecified atom stereocenters. The van der Waals surface area contributed by atoms with Crippen LogP contribution in [0, 0.1) is 6.92 Å². The van der Waals surface area contributed by atoms with E-state index >= 15 is 0 Å². The minimum atomic E-state index is 0.160. The second kappa shape index (κ2) is 11.0. The van der Waals surface area contributed by atoms with Gasteiger partial charge in [0.15, 0.2) is 0 Å². The van der Waals surface area contributed by atoms with Gasteiger partial charge in [0.25, 0.3) is 0 Å². The zero-order chi connectivity index (χ0) is 26.5. The van der Waals surface area contributed by atoms with E-state index < -0.39 is 0 Å². The van der Waals surface area contributed by atoms with Crippen molar-refractivity contribution < 1.29 is 0 Å². The third kappa shape index (κ3) is 5.35. The third-order valence-electron chi connectivity index (χ3n) is 7.48. The van der Waals surface area contributed by atoms with Crippen molar-refractivity contribution in [1.29, 1.82) is 0 Å². The number of aryl methyl sites for hydroxylation is 1. The van der Waals surface area contributed by atoms with E-state index in [0.717, 1.165) is 40.5 Å². The first-order valence-electron chi connectivity index (χ1n) is 13.4. The van der Waals surface area contributed by atoms with Crippen molar-refractivity contribution in [3.63, 3.8) is 0 Å². The van der Waals surface area contributed by atoms with Gasteiger partial charge in [-0.05, 0) is 97.1 Å². The van der Waals surface area contributed by atoms with Crippen LogP contribution >= 0.6 is 0 Å². The Labute approximate surface area is 227 Å². The Morgan fingerprint density at radius 1 is 0.447 bits per heavy atom. The predicted molar refractivity (Wildman–Crippen MR) is 164 cm³/mol. The van der Waals surface area contributed by atoms with Crippen molar-refractivity contribution in [2.75, 3.05) is 9.80 Å². The maximum Gasteiger partial charge on any atom is 0.0463 e. The third-order valence-corrected chi connectivity index (χ3v) is 7.48. The molecule has 0 amide bonds.